The van der Waals surface area contributed by atoms with E-state index in [2.05, 4.69) is 64.6 Å². The van der Waals surface area contributed by atoms with E-state index in [0.29, 0.717) is 0 Å². The van der Waals surface area contributed by atoms with Crippen LogP contribution >= 0.6 is 15.9 Å². The molecule has 2 aromatic carbocycles. The Labute approximate surface area is 98.6 Å². The molecule has 0 aliphatic rings. The Hall–Kier alpha value is -0.860. The third kappa shape index (κ3) is 2.39. The first-order valence-corrected chi connectivity index (χ1v) is 5.91. The average Bonchev–Trinajstić information content (AvgIpc) is 2.26. The summed E-state index contributed by atoms with van der Waals surface area (Å²) in [7, 11) is 0. The highest BCUT2D eigenvalue weighted by Crippen LogP contribution is 2.25. The minimum absolute atomic E-state index is 0.805. The highest BCUT2D eigenvalue weighted by atomic mass is 79.9. The third-order valence-electron chi connectivity index (χ3n) is 2.39. The van der Waals surface area contributed by atoms with Gasteiger partial charge in [-0.3, -0.25) is 0 Å². The molecule has 77 valence electrons. The number of hydrogen-bond donors (Lipinski definition) is 0. The van der Waals surface area contributed by atoms with Crippen molar-refractivity contribution >= 4 is 26.7 Å². The second-order valence-electron chi connectivity index (χ2n) is 3.50. The Bertz CT molecular complexity index is 465. The van der Waals surface area contributed by atoms with Gasteiger partial charge in [0.1, 0.15) is 0 Å². The molecule has 2 heteroatoms. The molecule has 0 heterocycles. The van der Waals surface area contributed by atoms with Gasteiger partial charge in [-0.1, -0.05) is 47.1 Å². The first-order chi connectivity index (χ1) is 7.31. The molecule has 0 amide bonds. The van der Waals surface area contributed by atoms with Crippen LogP contribution in [0.1, 0.15) is 12.5 Å². The molecular weight excluding hydrogens is 250 g/mol. The van der Waals surface area contributed by atoms with E-state index in [4.69, 9.17) is 0 Å². The maximum absolute atomic E-state index is 4.37. The zero-order chi connectivity index (χ0) is 10.7. The zero-order valence-corrected chi connectivity index (χ0v) is 10.3. The van der Waals surface area contributed by atoms with Crippen molar-refractivity contribution in [3.63, 3.8) is 0 Å². The molecule has 2 aromatic rings. The molecule has 0 fully saturated rings. The van der Waals surface area contributed by atoms with Gasteiger partial charge in [-0.05, 0) is 28.5 Å². The molecule has 0 aliphatic carbocycles. The lowest BCUT2D eigenvalue weighted by atomic mass is 10.1. The van der Waals surface area contributed by atoms with Crippen LogP contribution in [0, 0.1) is 0 Å². The van der Waals surface area contributed by atoms with E-state index in [1.807, 2.05) is 0 Å². The van der Waals surface area contributed by atoms with Gasteiger partial charge in [-0.25, -0.2) is 5.32 Å². The first-order valence-electron chi connectivity index (χ1n) is 5.11. The molecule has 0 spiro atoms. The number of benzene rings is 2. The van der Waals surface area contributed by atoms with Crippen LogP contribution in [-0.4, -0.2) is 6.54 Å². The molecule has 15 heavy (non-hydrogen) atoms. The minimum Gasteiger partial charge on any atom is -0.237 e. The number of fused-ring (bicyclic) bond motifs is 1. The normalized spacial score (nSPS) is 10.8. The van der Waals surface area contributed by atoms with Crippen LogP contribution in [0.4, 0.5) is 0 Å². The lowest BCUT2D eigenvalue weighted by Crippen LogP contribution is -2.03. The Balaban J connectivity index is 2.43. The molecule has 1 radical (unpaired) electrons. The van der Waals surface area contributed by atoms with Crippen LogP contribution in [-0.2, 0) is 6.54 Å². The SMILES string of the molecule is CC[N]Cc1cc(Br)c2ccccc2c1. The number of nitrogens with zero attached hydrogens (tertiary/aromatic N) is 1. The fourth-order valence-corrected chi connectivity index (χ4v) is 2.31. The van der Waals surface area contributed by atoms with E-state index >= 15 is 0 Å². The molecule has 0 saturated heterocycles. The summed E-state index contributed by atoms with van der Waals surface area (Å²) in [5, 5.41) is 6.90. The lowest BCUT2D eigenvalue weighted by Gasteiger charge is -2.05. The van der Waals surface area contributed by atoms with Gasteiger partial charge in [-0.15, -0.1) is 0 Å². The van der Waals surface area contributed by atoms with Gasteiger partial charge >= 0.3 is 0 Å². The van der Waals surface area contributed by atoms with Crippen LogP contribution in [0.5, 0.6) is 0 Å². The van der Waals surface area contributed by atoms with E-state index < -0.39 is 0 Å². The van der Waals surface area contributed by atoms with Crippen molar-refractivity contribution in [2.75, 3.05) is 6.54 Å². The van der Waals surface area contributed by atoms with Crippen molar-refractivity contribution < 1.29 is 0 Å². The summed E-state index contributed by atoms with van der Waals surface area (Å²) in [6.45, 7) is 3.75. The quantitative estimate of drug-likeness (QED) is 0.801. The van der Waals surface area contributed by atoms with Gasteiger partial charge in [0.15, 0.2) is 0 Å². The van der Waals surface area contributed by atoms with E-state index in [-0.39, 0.29) is 0 Å². The average molecular weight is 263 g/mol. The summed E-state index contributed by atoms with van der Waals surface area (Å²) in [4.78, 5) is 0. The molecular formula is C13H13BrN. The maximum Gasteiger partial charge on any atom is 0.0384 e. The van der Waals surface area contributed by atoms with E-state index in [1.165, 1.54) is 16.3 Å². The highest BCUT2D eigenvalue weighted by Gasteiger charge is 2.01. The van der Waals surface area contributed by atoms with Crippen molar-refractivity contribution in [3.8, 4) is 0 Å². The van der Waals surface area contributed by atoms with Crippen LogP contribution in [0.2, 0.25) is 0 Å². The van der Waals surface area contributed by atoms with Gasteiger partial charge in [0.05, 0.1) is 0 Å². The Morgan fingerprint density at radius 3 is 2.80 bits per heavy atom. The van der Waals surface area contributed by atoms with Gasteiger partial charge < -0.3 is 0 Å². The maximum atomic E-state index is 4.37. The fourth-order valence-electron chi connectivity index (χ4n) is 1.65. The molecule has 0 bridgehead atoms. The van der Waals surface area contributed by atoms with Crippen molar-refractivity contribution in [2.24, 2.45) is 0 Å². The van der Waals surface area contributed by atoms with Crippen molar-refractivity contribution in [2.45, 2.75) is 13.5 Å². The third-order valence-corrected chi connectivity index (χ3v) is 3.05. The van der Waals surface area contributed by atoms with E-state index in [1.54, 1.807) is 0 Å². The fraction of sp³-hybridized carbons (Fsp3) is 0.231. The van der Waals surface area contributed by atoms with Gasteiger partial charge in [0, 0.05) is 17.6 Å². The van der Waals surface area contributed by atoms with Gasteiger partial charge in [0.2, 0.25) is 0 Å². The number of rotatable bonds is 3. The smallest absolute Gasteiger partial charge is 0.0384 e. The summed E-state index contributed by atoms with van der Waals surface area (Å²) in [6, 6.07) is 12.7. The Kier molecular flexibility index (Phi) is 3.39. The van der Waals surface area contributed by atoms with Crippen molar-refractivity contribution in [1.29, 1.82) is 0 Å². The summed E-state index contributed by atoms with van der Waals surface area (Å²) >= 11 is 3.60. The summed E-state index contributed by atoms with van der Waals surface area (Å²) in [5.41, 5.74) is 1.27. The van der Waals surface area contributed by atoms with Crippen LogP contribution in [0.3, 0.4) is 0 Å². The number of halogens is 1. The zero-order valence-electron chi connectivity index (χ0n) is 8.70. The molecule has 0 aliphatic heterocycles. The summed E-state index contributed by atoms with van der Waals surface area (Å²) in [5.74, 6) is 0. The van der Waals surface area contributed by atoms with Crippen molar-refractivity contribution in [3.05, 3.63) is 46.4 Å². The summed E-state index contributed by atoms with van der Waals surface area (Å²) < 4.78 is 1.15. The molecule has 0 N–H and O–H groups in total. The molecule has 0 saturated carbocycles. The molecule has 0 aromatic heterocycles. The predicted molar refractivity (Wildman–Crippen MR) is 68.0 cm³/mol. The van der Waals surface area contributed by atoms with Gasteiger partial charge in [0.25, 0.3) is 0 Å². The standard InChI is InChI=1S/C13H13BrN/c1-2-15-9-10-7-11-5-3-4-6-12(11)13(14)8-10/h3-8H,2,9H2,1H3. The first kappa shape index (κ1) is 10.7. The Morgan fingerprint density at radius 2 is 2.00 bits per heavy atom. The van der Waals surface area contributed by atoms with Crippen LogP contribution in [0.25, 0.3) is 10.8 Å². The second-order valence-corrected chi connectivity index (χ2v) is 4.35. The summed E-state index contributed by atoms with van der Waals surface area (Å²) in [6.07, 6.45) is 0. The van der Waals surface area contributed by atoms with E-state index in [0.717, 1.165) is 17.6 Å². The lowest BCUT2D eigenvalue weighted by molar-refractivity contribution is 0.710. The minimum atomic E-state index is 0.805. The monoisotopic (exact) mass is 262 g/mol. The van der Waals surface area contributed by atoms with Crippen LogP contribution in [0.15, 0.2) is 40.9 Å². The topological polar surface area (TPSA) is 14.1 Å². The largest absolute Gasteiger partial charge is 0.237 e. The highest BCUT2D eigenvalue weighted by molar-refractivity contribution is 9.10. The molecule has 2 rings (SSSR count). The van der Waals surface area contributed by atoms with Crippen molar-refractivity contribution in [1.82, 2.24) is 5.32 Å². The predicted octanol–water partition coefficient (Wildman–Crippen LogP) is 3.73. The number of hydrogen-bond acceptors (Lipinski definition) is 0. The Morgan fingerprint density at radius 1 is 1.20 bits per heavy atom. The van der Waals surface area contributed by atoms with E-state index in [9.17, 15) is 0 Å². The second kappa shape index (κ2) is 4.77. The van der Waals surface area contributed by atoms with Gasteiger partial charge in [-0.2, -0.15) is 0 Å². The molecule has 0 atom stereocenters. The van der Waals surface area contributed by atoms with Crippen LogP contribution < -0.4 is 5.32 Å². The molecule has 0 unspecified atom stereocenters. The molecule has 1 nitrogen and oxygen atoms in total.